The van der Waals surface area contributed by atoms with Crippen LogP contribution in [0.15, 0.2) is 91.0 Å². The average Bonchev–Trinajstić information content (AvgIpc) is 2.93. The molecule has 0 saturated carbocycles. The van der Waals surface area contributed by atoms with Crippen LogP contribution in [-0.2, 0) is 9.53 Å². The molecule has 0 heterocycles. The van der Waals surface area contributed by atoms with Crippen LogP contribution < -0.4 is 32.9 Å². The van der Waals surface area contributed by atoms with Gasteiger partial charge in [-0.15, -0.1) is 0 Å². The van der Waals surface area contributed by atoms with E-state index in [0.29, 0.717) is 13.0 Å². The number of hydrogen-bond donors (Lipinski definition) is 0. The van der Waals surface area contributed by atoms with Gasteiger partial charge in [0.2, 0.25) is 0 Å². The maximum absolute atomic E-state index is 11.4. The molecular weight excluding hydrogens is 539 g/mol. The minimum Gasteiger partial charge on any atom is -1.00 e. The molecule has 3 rings (SSSR count). The summed E-state index contributed by atoms with van der Waals surface area (Å²) in [4.78, 5) is 11.4. The summed E-state index contributed by atoms with van der Waals surface area (Å²) in [6.45, 7) is 2.36. The molecule has 0 aromatic heterocycles. The Labute approximate surface area is 236 Å². The van der Waals surface area contributed by atoms with Gasteiger partial charge in [0.05, 0.1) is 12.8 Å². The highest BCUT2D eigenvalue weighted by molar-refractivity contribution is 7.95. The molecule has 4 heteroatoms. The Morgan fingerprint density at radius 1 is 0.568 bits per heavy atom. The summed E-state index contributed by atoms with van der Waals surface area (Å²) in [6.07, 6.45) is 14.3. The number of halogens is 1. The van der Waals surface area contributed by atoms with Crippen LogP contribution in [0, 0.1) is 0 Å². The Morgan fingerprint density at radius 2 is 0.919 bits per heavy atom. The molecule has 0 bridgehead atoms. The van der Waals surface area contributed by atoms with Crippen LogP contribution >= 0.6 is 7.26 Å². The Balaban J connectivity index is 0.00000481. The third kappa shape index (κ3) is 10.0. The smallest absolute Gasteiger partial charge is 0.305 e. The molecule has 0 aliphatic heterocycles. The fourth-order valence-corrected chi connectivity index (χ4v) is 9.56. The van der Waals surface area contributed by atoms with E-state index in [-0.39, 0.29) is 23.0 Å². The second kappa shape index (κ2) is 18.3. The van der Waals surface area contributed by atoms with Crippen molar-refractivity contribution in [1.29, 1.82) is 0 Å². The van der Waals surface area contributed by atoms with E-state index in [4.69, 9.17) is 4.74 Å². The van der Waals surface area contributed by atoms with E-state index in [2.05, 4.69) is 91.0 Å². The summed E-state index contributed by atoms with van der Waals surface area (Å²) in [5, 5.41) is 4.47. The fraction of sp³-hybridized carbons (Fsp3) is 0.424. The van der Waals surface area contributed by atoms with Gasteiger partial charge >= 0.3 is 5.97 Å². The van der Waals surface area contributed by atoms with Gasteiger partial charge in [0.1, 0.15) is 23.2 Å². The molecule has 3 aromatic rings. The van der Waals surface area contributed by atoms with Crippen LogP contribution in [0.3, 0.4) is 0 Å². The zero-order valence-electron chi connectivity index (χ0n) is 22.5. The van der Waals surface area contributed by atoms with E-state index in [1.165, 1.54) is 73.4 Å². The first-order chi connectivity index (χ1) is 17.8. The minimum absolute atomic E-state index is 0. The molecule has 0 radical (unpaired) electrons. The van der Waals surface area contributed by atoms with Gasteiger partial charge < -0.3 is 21.7 Å². The first-order valence-electron chi connectivity index (χ1n) is 14.0. The lowest BCUT2D eigenvalue weighted by atomic mass is 10.1. The summed E-state index contributed by atoms with van der Waals surface area (Å²) in [5.41, 5.74) is 0. The van der Waals surface area contributed by atoms with Crippen LogP contribution in [-0.4, -0.2) is 18.7 Å². The van der Waals surface area contributed by atoms with Crippen LogP contribution in [0.2, 0.25) is 0 Å². The molecule has 0 aliphatic rings. The standard InChI is InChI=1S/C33H44O2P.BrH/c1-2-35-33(34)28-20-9-7-5-3-4-6-8-10-21-29-36(30-22-14-11-15-23-30,31-24-16-12-17-25-31)32-26-18-13-19-27-32;/h11-19,22-27H,2-10,20-21,28-29H2,1H3;1H/q+1;/p-1. The average molecular weight is 584 g/mol. The number of esters is 1. The molecule has 0 aliphatic carbocycles. The van der Waals surface area contributed by atoms with Crippen molar-refractivity contribution in [2.75, 3.05) is 12.8 Å². The lowest BCUT2D eigenvalue weighted by molar-refractivity contribution is -0.143. The van der Waals surface area contributed by atoms with Gasteiger partial charge in [-0.1, -0.05) is 99.5 Å². The van der Waals surface area contributed by atoms with Gasteiger partial charge in [0.15, 0.2) is 0 Å². The van der Waals surface area contributed by atoms with Crippen molar-refractivity contribution >= 4 is 29.1 Å². The quantitative estimate of drug-likeness (QED) is 0.129. The highest BCUT2D eigenvalue weighted by Gasteiger charge is 2.44. The van der Waals surface area contributed by atoms with Crippen molar-refractivity contribution in [2.45, 2.75) is 77.6 Å². The van der Waals surface area contributed by atoms with Crippen LogP contribution in [0.25, 0.3) is 0 Å². The Hall–Kier alpha value is -1.96. The number of hydrogen-bond acceptors (Lipinski definition) is 2. The number of unbranched alkanes of at least 4 members (excludes halogenated alkanes) is 9. The van der Waals surface area contributed by atoms with E-state index in [0.717, 1.165) is 12.8 Å². The summed E-state index contributed by atoms with van der Waals surface area (Å²) >= 11 is 0. The largest absolute Gasteiger partial charge is 1.00 e. The molecule has 0 N–H and O–H groups in total. The molecule has 200 valence electrons. The molecule has 3 aromatic carbocycles. The number of rotatable bonds is 17. The Bertz CT molecular complexity index is 882. The van der Waals surface area contributed by atoms with Crippen LogP contribution in [0.4, 0.5) is 0 Å². The monoisotopic (exact) mass is 582 g/mol. The topological polar surface area (TPSA) is 26.3 Å². The summed E-state index contributed by atoms with van der Waals surface area (Å²) in [5.74, 6) is -0.0456. The molecule has 0 unspecified atom stereocenters. The first kappa shape index (κ1) is 31.3. The van der Waals surface area contributed by atoms with Crippen molar-refractivity contribution in [1.82, 2.24) is 0 Å². The third-order valence-electron chi connectivity index (χ3n) is 7.02. The summed E-state index contributed by atoms with van der Waals surface area (Å²) in [6, 6.07) is 33.7. The SMILES string of the molecule is CCOC(=O)CCCCCCCCCCCC[P+](c1ccccc1)(c1ccccc1)c1ccccc1.[Br-]. The van der Waals surface area contributed by atoms with E-state index in [1.54, 1.807) is 0 Å². The second-order valence-electron chi connectivity index (χ2n) is 9.63. The van der Waals surface area contributed by atoms with Crippen molar-refractivity contribution in [3.8, 4) is 0 Å². The zero-order valence-corrected chi connectivity index (χ0v) is 25.0. The van der Waals surface area contributed by atoms with Gasteiger partial charge in [-0.05, 0) is 62.6 Å². The molecule has 0 amide bonds. The molecular formula is C33H44BrO2P. The van der Waals surface area contributed by atoms with Crippen molar-refractivity contribution in [3.05, 3.63) is 91.0 Å². The highest BCUT2D eigenvalue weighted by atomic mass is 79.9. The molecule has 0 saturated heterocycles. The Morgan fingerprint density at radius 3 is 1.30 bits per heavy atom. The van der Waals surface area contributed by atoms with E-state index in [1.807, 2.05) is 6.92 Å². The number of ether oxygens (including phenoxy) is 1. The number of carbonyl (C=O) groups is 1. The van der Waals surface area contributed by atoms with Gasteiger partial charge in [0, 0.05) is 6.42 Å². The Kier molecular flexibility index (Phi) is 15.5. The maximum atomic E-state index is 11.4. The number of benzene rings is 3. The molecule has 2 nitrogen and oxygen atoms in total. The summed E-state index contributed by atoms with van der Waals surface area (Å²) < 4.78 is 4.99. The van der Waals surface area contributed by atoms with E-state index >= 15 is 0 Å². The van der Waals surface area contributed by atoms with E-state index in [9.17, 15) is 4.79 Å². The zero-order chi connectivity index (χ0) is 25.3. The lowest BCUT2D eigenvalue weighted by Gasteiger charge is -2.27. The van der Waals surface area contributed by atoms with Crippen LogP contribution in [0.1, 0.15) is 77.6 Å². The van der Waals surface area contributed by atoms with Gasteiger partial charge in [-0.2, -0.15) is 0 Å². The fourth-order valence-electron chi connectivity index (χ4n) is 5.15. The number of carbonyl (C=O) groups excluding carboxylic acids is 1. The van der Waals surface area contributed by atoms with Crippen molar-refractivity contribution in [2.24, 2.45) is 0 Å². The summed E-state index contributed by atoms with van der Waals surface area (Å²) in [7, 11) is -1.68. The lowest BCUT2D eigenvalue weighted by Crippen LogP contribution is -3.00. The molecule has 0 spiro atoms. The van der Waals surface area contributed by atoms with Crippen LogP contribution in [0.5, 0.6) is 0 Å². The van der Waals surface area contributed by atoms with Gasteiger partial charge in [-0.3, -0.25) is 4.79 Å². The van der Waals surface area contributed by atoms with E-state index < -0.39 is 7.26 Å². The molecule has 0 atom stereocenters. The van der Waals surface area contributed by atoms with Gasteiger partial charge in [-0.25, -0.2) is 0 Å². The first-order valence-corrected chi connectivity index (χ1v) is 16.0. The highest BCUT2D eigenvalue weighted by Crippen LogP contribution is 2.56. The van der Waals surface area contributed by atoms with Crippen molar-refractivity contribution in [3.63, 3.8) is 0 Å². The molecule has 37 heavy (non-hydrogen) atoms. The second-order valence-corrected chi connectivity index (χ2v) is 13.2. The molecule has 0 fully saturated rings. The predicted octanol–water partition coefficient (Wildman–Crippen LogP) is 4.84. The maximum Gasteiger partial charge on any atom is 0.305 e. The third-order valence-corrected chi connectivity index (χ3v) is 11.5. The normalized spacial score (nSPS) is 11.1. The van der Waals surface area contributed by atoms with Gasteiger partial charge in [0.25, 0.3) is 0 Å². The predicted molar refractivity (Wildman–Crippen MR) is 157 cm³/mol. The van der Waals surface area contributed by atoms with Crippen molar-refractivity contribution < 1.29 is 26.5 Å². The minimum atomic E-state index is -1.68.